The van der Waals surface area contributed by atoms with E-state index in [1.807, 2.05) is 182 Å². The van der Waals surface area contributed by atoms with Crippen LogP contribution in [0.25, 0.3) is 179 Å². The smallest absolute Gasteiger partial charge is 0.251 e. The molecule has 10 aromatic carbocycles. The van der Waals surface area contributed by atoms with Crippen LogP contribution in [0.5, 0.6) is 0 Å². The number of halogens is 1. The second-order valence-corrected chi connectivity index (χ2v) is 40.5. The molecule has 0 bridgehead atoms. The first-order chi connectivity index (χ1) is 71.3. The second kappa shape index (κ2) is 40.8. The Bertz CT molecular complexity index is 8160. The maximum Gasteiger partial charge on any atom is 0.251 e. The fourth-order valence-electron chi connectivity index (χ4n) is 21.0. The minimum absolute atomic E-state index is 0.0106. The summed E-state index contributed by atoms with van der Waals surface area (Å²) in [5.41, 5.74) is 20.9. The van der Waals surface area contributed by atoms with E-state index in [-0.39, 0.29) is 63.8 Å². The lowest BCUT2D eigenvalue weighted by molar-refractivity contribution is -0.0169. The number of aromatic amines is 11. The first-order valence-corrected chi connectivity index (χ1v) is 49.4. The van der Waals surface area contributed by atoms with Gasteiger partial charge < -0.3 is 31.6 Å². The summed E-state index contributed by atoms with van der Waals surface area (Å²) in [6, 6.07) is 67.9. The van der Waals surface area contributed by atoms with Gasteiger partial charge in [0.15, 0.2) is 29.1 Å². The fourth-order valence-corrected chi connectivity index (χ4v) is 21.0. The van der Waals surface area contributed by atoms with Crippen LogP contribution in [0.4, 0.5) is 4.39 Å². The molecule has 1 saturated carbocycles. The molecule has 37 heteroatoms. The Morgan fingerprint density at radius 2 is 0.694 bits per heavy atom. The average Bonchev–Trinajstić information content (AvgIpc) is 1.38. The number of carbonyl (C=O) groups excluding carboxylic acids is 3. The molecule has 16 N–H and O–H groups in total. The number of fused-ring (bicyclic) bond motifs is 5. The molecule has 14 heterocycles. The summed E-state index contributed by atoms with van der Waals surface area (Å²) in [6.07, 6.45) is 19.9. The summed E-state index contributed by atoms with van der Waals surface area (Å²) in [4.78, 5) is 70.6. The van der Waals surface area contributed by atoms with E-state index in [0.29, 0.717) is 45.9 Å². The molecule has 21 aromatic rings. The molecular weight excluding hydrogens is 1850 g/mol. The molecule has 25 rings (SSSR count). The molecule has 0 unspecified atom stereocenters. The van der Waals surface area contributed by atoms with Crippen molar-refractivity contribution in [3.05, 3.63) is 278 Å². The minimum atomic E-state index is -0.255. The van der Waals surface area contributed by atoms with Gasteiger partial charge in [-0.3, -0.25) is 70.3 Å². The van der Waals surface area contributed by atoms with Gasteiger partial charge in [-0.1, -0.05) is 67.4 Å². The van der Waals surface area contributed by atoms with Crippen LogP contribution in [-0.4, -0.2) is 220 Å². The van der Waals surface area contributed by atoms with Crippen molar-refractivity contribution in [2.24, 2.45) is 0 Å². The number of piperidine rings is 3. The molecule has 3 saturated heterocycles. The quantitative estimate of drug-likeness (QED) is 0.0379. The summed E-state index contributed by atoms with van der Waals surface area (Å²) >= 11 is 0. The van der Waals surface area contributed by atoms with E-state index >= 15 is 0 Å². The Morgan fingerprint density at radius 1 is 0.347 bits per heavy atom. The van der Waals surface area contributed by atoms with Crippen LogP contribution in [0.2, 0.25) is 0 Å². The van der Waals surface area contributed by atoms with Crippen molar-refractivity contribution >= 4 is 72.2 Å². The molecule has 0 radical (unpaired) electrons. The van der Waals surface area contributed by atoms with Crippen LogP contribution in [0.15, 0.2) is 250 Å². The SMILES string of the molecule is CC1(C)CC(NC(=O)c2cccc(-c3n[nH]c4ccc(-c5ncn[nH]5)cc34)c2)CC(C)(C)N1.CN1C(C)(C)CC(NC(=O)c2cccc(-c3n[nH]c4ccc(-c5ncn[nH]5)cc34)c2)CC1(C)C.Fc1ccc(-c2n[nH]c3ccc(-c4n[nH]c(C5CCCC5)n4)cc23)cc1.O=C(NC1CCNCC1)c1cccc(-c2n[nH]c3ccc(-c4ncn[nH]4)cc23)c1.c1cc(-c2ncc[nH]2)cc(-c2n[nH]c3ccc(-c4ncn[nH]4)cc23)c1. The van der Waals surface area contributed by atoms with Crippen molar-refractivity contribution in [1.82, 2.24) is 168 Å². The maximum atomic E-state index is 13.2. The van der Waals surface area contributed by atoms with Gasteiger partial charge in [-0.2, -0.15) is 51.0 Å². The predicted octanol–water partition coefficient (Wildman–Crippen LogP) is 19.2. The first kappa shape index (κ1) is 95.8. The lowest BCUT2D eigenvalue weighted by Crippen LogP contribution is -2.62. The topological polar surface area (TPSA) is 495 Å². The Balaban J connectivity index is 0.000000108. The summed E-state index contributed by atoms with van der Waals surface area (Å²) in [6.45, 7) is 19.6. The largest absolute Gasteiger partial charge is 0.349 e. The number of hydrogen-bond donors (Lipinski definition) is 16. The number of aromatic nitrogens is 27. The normalized spacial score (nSPS) is 15.7. The number of amides is 3. The van der Waals surface area contributed by atoms with Crippen molar-refractivity contribution in [3.8, 4) is 125 Å². The summed E-state index contributed by atoms with van der Waals surface area (Å²) in [5, 5.41) is 94.2. The van der Waals surface area contributed by atoms with Crippen LogP contribution in [-0.2, 0) is 0 Å². The third kappa shape index (κ3) is 21.3. The zero-order valence-corrected chi connectivity index (χ0v) is 82.7. The van der Waals surface area contributed by atoms with Crippen molar-refractivity contribution in [2.45, 2.75) is 166 Å². The van der Waals surface area contributed by atoms with Gasteiger partial charge in [0.2, 0.25) is 0 Å². The molecule has 3 amide bonds. The van der Waals surface area contributed by atoms with Crippen molar-refractivity contribution in [1.29, 1.82) is 0 Å². The highest BCUT2D eigenvalue weighted by Crippen LogP contribution is 2.42. The van der Waals surface area contributed by atoms with Crippen LogP contribution >= 0.6 is 0 Å². The Labute approximate surface area is 843 Å². The molecule has 0 spiro atoms. The van der Waals surface area contributed by atoms with E-state index in [1.165, 1.54) is 63.1 Å². The molecule has 4 aliphatic rings. The average molecular weight is 1960 g/mol. The molecule has 0 atom stereocenters. The molecule has 147 heavy (non-hydrogen) atoms. The number of likely N-dealkylation sites (tertiary alicyclic amines) is 1. The van der Waals surface area contributed by atoms with E-state index < -0.39 is 0 Å². The van der Waals surface area contributed by atoms with Crippen LogP contribution in [0.3, 0.4) is 0 Å². The number of rotatable bonds is 18. The summed E-state index contributed by atoms with van der Waals surface area (Å²) < 4.78 is 13.2. The second-order valence-electron chi connectivity index (χ2n) is 40.5. The van der Waals surface area contributed by atoms with Gasteiger partial charge in [-0.15, -0.1) is 0 Å². The predicted molar refractivity (Wildman–Crippen MR) is 565 cm³/mol. The number of benzene rings is 10. The number of hydrogen-bond acceptors (Lipinski definition) is 22. The molecule has 1 aliphatic carbocycles. The number of nitrogens with zero attached hydrogens (tertiary/aromatic N) is 17. The molecule has 4 fully saturated rings. The van der Waals surface area contributed by atoms with Gasteiger partial charge in [0.25, 0.3) is 17.7 Å². The van der Waals surface area contributed by atoms with Gasteiger partial charge in [0, 0.05) is 163 Å². The third-order valence-corrected chi connectivity index (χ3v) is 28.1. The number of carbonyl (C=O) groups is 3. The van der Waals surface area contributed by atoms with Gasteiger partial charge in [0.05, 0.1) is 56.1 Å². The first-order valence-electron chi connectivity index (χ1n) is 49.4. The lowest BCUT2D eigenvalue weighted by Gasteiger charge is -2.53. The number of imidazole rings is 1. The van der Waals surface area contributed by atoms with E-state index in [0.717, 1.165) is 213 Å². The third-order valence-electron chi connectivity index (χ3n) is 28.1. The van der Waals surface area contributed by atoms with Crippen LogP contribution < -0.4 is 26.6 Å². The van der Waals surface area contributed by atoms with Gasteiger partial charge in [0.1, 0.15) is 42.8 Å². The summed E-state index contributed by atoms with van der Waals surface area (Å²) in [5.74, 6) is 5.47. The highest BCUT2D eigenvalue weighted by Gasteiger charge is 2.44. The van der Waals surface area contributed by atoms with E-state index in [4.69, 9.17) is 4.98 Å². The standard InChI is InChI=1S/C26H31N7O.C25H29N7O.C21H21N7O.C20H18FN5.C18H13N7/c1-25(2)13-19(14-26(3,4)33(25)5)29-24(34)18-8-6-7-16(11-18)22-20-12-17(23-27-15-28-32-23)9-10-21(20)30-31-22;1-24(2)12-18(13-25(3,4)32-24)28-23(33)17-7-5-6-15(10-17)21-19-11-16(22-26-14-27-31-22)8-9-20(19)29-30-21;29-21(25-16-6-8-22-9-7-16)15-3-1-2-13(10-15)19-17-11-14(20-23-12-24-28-20)4-5-18(17)26-27-19;21-15-8-5-12(6-9-15)18-16-11-14(7-10-17(16)23-24-18)20-22-19(25-26-20)13-3-1-2-4-13;1-2-11(8-12(3-1)17-19-6-7-20-17)16-14-9-13(18-21-10-22-25-18)4-5-15(14)23-24-16/h6-12,15,19H,13-14H2,1-5H3,(H,29,34)(H,30,31)(H,27,28,32);5-11,14,18,32H,12-13H2,1-4H3,(H,28,33)(H,29,30)(H,26,27,31);1-5,10-12,16,22H,6-9H2,(H,25,29)(H,26,27)(H,23,24,28);5-11,13H,1-4H2,(H,23,24)(H,22,25,26);1-10H,(H,19,20)(H,23,24)(H,21,22,25). The Kier molecular flexibility index (Phi) is 26.6. The molecule has 11 aromatic heterocycles. The molecular formula is C110H112FN33O3. The van der Waals surface area contributed by atoms with Crippen LogP contribution in [0.1, 0.15) is 162 Å². The van der Waals surface area contributed by atoms with Crippen molar-refractivity contribution < 1.29 is 18.8 Å². The Morgan fingerprint density at radius 3 is 1.08 bits per heavy atom. The molecule has 742 valence electrons. The van der Waals surface area contributed by atoms with E-state index in [2.05, 4.69) is 238 Å². The van der Waals surface area contributed by atoms with E-state index in [9.17, 15) is 18.8 Å². The zero-order chi connectivity index (χ0) is 101. The molecule has 3 aliphatic heterocycles. The lowest BCUT2D eigenvalue weighted by atomic mass is 9.77. The molecule has 36 nitrogen and oxygen atoms in total. The monoisotopic (exact) mass is 1960 g/mol. The van der Waals surface area contributed by atoms with Crippen LogP contribution in [0, 0.1) is 5.82 Å². The Hall–Kier alpha value is -17.3. The van der Waals surface area contributed by atoms with Crippen molar-refractivity contribution in [2.75, 3.05) is 20.1 Å². The highest BCUT2D eigenvalue weighted by molar-refractivity contribution is 6.03. The minimum Gasteiger partial charge on any atom is -0.349 e. The highest BCUT2D eigenvalue weighted by atomic mass is 19.1. The van der Waals surface area contributed by atoms with Gasteiger partial charge in [-0.05, 0) is 285 Å². The van der Waals surface area contributed by atoms with Gasteiger partial charge in [-0.25, -0.2) is 34.3 Å². The maximum absolute atomic E-state index is 13.2. The van der Waals surface area contributed by atoms with Gasteiger partial charge >= 0.3 is 0 Å². The van der Waals surface area contributed by atoms with E-state index in [1.54, 1.807) is 18.3 Å². The fraction of sp³-hybridized carbons (Fsp3) is 0.264. The summed E-state index contributed by atoms with van der Waals surface area (Å²) in [7, 11) is 2.17. The zero-order valence-electron chi connectivity index (χ0n) is 82.7. The van der Waals surface area contributed by atoms with Crippen molar-refractivity contribution in [3.63, 3.8) is 0 Å². The number of nitrogens with one attached hydrogen (secondary N) is 16. The number of H-pyrrole nitrogens is 11.